The predicted molar refractivity (Wildman–Crippen MR) is 134 cm³/mol. The molecular formula is C27H31N7O. The third kappa shape index (κ3) is 4.54. The molecule has 1 atom stereocenters. The van der Waals surface area contributed by atoms with Crippen molar-refractivity contribution in [2.45, 2.75) is 44.2 Å². The van der Waals surface area contributed by atoms with Crippen molar-refractivity contribution in [1.82, 2.24) is 30.3 Å². The SMILES string of the molecule is CC#Cc1cncc(-c2cn(C3(c4ccc(N5CCCC(NCC6CC6)C5)cn4)COC3)nn2)c1. The molecule has 0 aromatic carbocycles. The van der Waals surface area contributed by atoms with Crippen LogP contribution in [0.15, 0.2) is 43.0 Å². The van der Waals surface area contributed by atoms with Gasteiger partial charge in [0.2, 0.25) is 0 Å². The summed E-state index contributed by atoms with van der Waals surface area (Å²) in [6.07, 6.45) is 12.8. The van der Waals surface area contributed by atoms with Crippen LogP contribution in [0.5, 0.6) is 0 Å². The lowest BCUT2D eigenvalue weighted by Gasteiger charge is -2.40. The summed E-state index contributed by atoms with van der Waals surface area (Å²) in [4.78, 5) is 11.7. The first kappa shape index (κ1) is 22.2. The molecule has 1 saturated carbocycles. The second kappa shape index (κ2) is 9.40. The van der Waals surface area contributed by atoms with Gasteiger partial charge in [-0.05, 0) is 63.3 Å². The minimum absolute atomic E-state index is 0.436. The molecule has 2 aliphatic heterocycles. The standard InChI is InChI=1S/C27H31N7O/c1-2-4-21-11-22(14-28-12-21)25-17-34(32-31-25)27(18-35-19-27)26-9-8-24(15-30-26)33-10-3-5-23(16-33)29-13-20-6-7-20/h8-9,11-12,14-15,17,20,23,29H,3,5-7,10,13,16,18-19H2,1H3. The molecule has 0 spiro atoms. The fraction of sp³-hybridized carbons (Fsp3) is 0.481. The smallest absolute Gasteiger partial charge is 0.152 e. The normalized spacial score (nSPS) is 21.2. The second-order valence-electron chi connectivity index (χ2n) is 9.95. The average molecular weight is 470 g/mol. The van der Waals surface area contributed by atoms with E-state index in [-0.39, 0.29) is 0 Å². The Hall–Kier alpha value is -3.28. The molecule has 5 heterocycles. The maximum Gasteiger partial charge on any atom is 0.152 e. The number of anilines is 1. The van der Waals surface area contributed by atoms with Crippen molar-refractivity contribution in [3.05, 3.63) is 54.2 Å². The Labute approximate surface area is 206 Å². The van der Waals surface area contributed by atoms with E-state index in [4.69, 9.17) is 9.72 Å². The van der Waals surface area contributed by atoms with Crippen LogP contribution >= 0.6 is 0 Å². The van der Waals surface area contributed by atoms with E-state index in [1.165, 1.54) is 37.9 Å². The van der Waals surface area contributed by atoms with Gasteiger partial charge in [0, 0.05) is 42.7 Å². The van der Waals surface area contributed by atoms with E-state index < -0.39 is 5.54 Å². The van der Waals surface area contributed by atoms with Crippen LogP contribution in [-0.4, -0.2) is 63.9 Å². The average Bonchev–Trinajstić information content (AvgIpc) is 3.58. The van der Waals surface area contributed by atoms with Crippen molar-refractivity contribution < 1.29 is 4.74 Å². The molecule has 35 heavy (non-hydrogen) atoms. The van der Waals surface area contributed by atoms with E-state index >= 15 is 0 Å². The van der Waals surface area contributed by atoms with Gasteiger partial charge >= 0.3 is 0 Å². The van der Waals surface area contributed by atoms with Crippen LogP contribution in [-0.2, 0) is 10.3 Å². The lowest BCUT2D eigenvalue weighted by molar-refractivity contribution is -0.0851. The number of ether oxygens (including phenoxy) is 1. The van der Waals surface area contributed by atoms with Crippen LogP contribution in [0, 0.1) is 17.8 Å². The quantitative estimate of drug-likeness (QED) is 0.533. The van der Waals surface area contributed by atoms with E-state index in [2.05, 4.69) is 49.5 Å². The highest BCUT2D eigenvalue weighted by atomic mass is 16.5. The van der Waals surface area contributed by atoms with Crippen LogP contribution in [0.25, 0.3) is 11.3 Å². The van der Waals surface area contributed by atoms with Crippen molar-refractivity contribution in [1.29, 1.82) is 0 Å². The molecule has 1 N–H and O–H groups in total. The number of hydrogen-bond donors (Lipinski definition) is 1. The second-order valence-corrected chi connectivity index (χ2v) is 9.95. The Morgan fingerprint density at radius 1 is 1.17 bits per heavy atom. The highest BCUT2D eigenvalue weighted by Gasteiger charge is 2.45. The molecule has 1 unspecified atom stereocenters. The molecule has 180 valence electrons. The van der Waals surface area contributed by atoms with Gasteiger partial charge in [0.05, 0.1) is 37.0 Å². The molecule has 0 bridgehead atoms. The van der Waals surface area contributed by atoms with Crippen molar-refractivity contribution in [2.24, 2.45) is 5.92 Å². The fourth-order valence-corrected chi connectivity index (χ4v) is 4.97. The van der Waals surface area contributed by atoms with Gasteiger partial charge in [0.15, 0.2) is 5.54 Å². The summed E-state index contributed by atoms with van der Waals surface area (Å²) in [7, 11) is 0. The molecule has 8 heteroatoms. The minimum Gasteiger partial charge on any atom is -0.375 e. The van der Waals surface area contributed by atoms with Crippen LogP contribution in [0.4, 0.5) is 5.69 Å². The zero-order valence-electron chi connectivity index (χ0n) is 20.2. The third-order valence-electron chi connectivity index (χ3n) is 7.32. The number of piperidine rings is 1. The van der Waals surface area contributed by atoms with Crippen LogP contribution in [0.1, 0.15) is 43.9 Å². The minimum atomic E-state index is -0.436. The fourth-order valence-electron chi connectivity index (χ4n) is 4.97. The highest BCUT2D eigenvalue weighted by molar-refractivity contribution is 5.59. The Kier molecular flexibility index (Phi) is 5.96. The highest BCUT2D eigenvalue weighted by Crippen LogP contribution is 2.34. The molecule has 3 aliphatic rings. The molecular weight excluding hydrogens is 438 g/mol. The van der Waals surface area contributed by atoms with Gasteiger partial charge in [-0.15, -0.1) is 11.0 Å². The van der Waals surface area contributed by atoms with E-state index in [0.29, 0.717) is 19.3 Å². The van der Waals surface area contributed by atoms with Crippen LogP contribution in [0.3, 0.4) is 0 Å². The summed E-state index contributed by atoms with van der Waals surface area (Å²) in [6.45, 7) is 6.17. The Bertz CT molecular complexity index is 1230. The van der Waals surface area contributed by atoms with Crippen molar-refractivity contribution >= 4 is 5.69 Å². The summed E-state index contributed by atoms with van der Waals surface area (Å²) in [5, 5.41) is 12.7. The Morgan fingerprint density at radius 2 is 2.09 bits per heavy atom. The number of hydrogen-bond acceptors (Lipinski definition) is 7. The number of rotatable bonds is 7. The Morgan fingerprint density at radius 3 is 2.83 bits per heavy atom. The molecule has 3 fully saturated rings. The van der Waals surface area contributed by atoms with Gasteiger partial charge in [-0.1, -0.05) is 11.1 Å². The predicted octanol–water partition coefficient (Wildman–Crippen LogP) is 2.85. The van der Waals surface area contributed by atoms with Gasteiger partial charge in [-0.2, -0.15) is 0 Å². The number of nitrogens with one attached hydrogen (secondary N) is 1. The molecule has 3 aromatic rings. The molecule has 1 aliphatic carbocycles. The van der Waals surface area contributed by atoms with E-state index in [9.17, 15) is 0 Å². The maximum atomic E-state index is 5.65. The molecule has 0 radical (unpaired) electrons. The van der Waals surface area contributed by atoms with Crippen molar-refractivity contribution in [3.8, 4) is 23.1 Å². The van der Waals surface area contributed by atoms with Crippen molar-refractivity contribution in [2.75, 3.05) is 37.7 Å². The van der Waals surface area contributed by atoms with E-state index in [1.807, 2.05) is 30.1 Å². The first-order valence-corrected chi connectivity index (χ1v) is 12.6. The van der Waals surface area contributed by atoms with Crippen LogP contribution in [0.2, 0.25) is 0 Å². The lowest BCUT2D eigenvalue weighted by Crippen LogP contribution is -2.53. The monoisotopic (exact) mass is 469 g/mol. The summed E-state index contributed by atoms with van der Waals surface area (Å²) in [5.74, 6) is 6.87. The maximum absolute atomic E-state index is 5.65. The lowest BCUT2D eigenvalue weighted by atomic mass is 9.92. The number of pyridine rings is 2. The van der Waals surface area contributed by atoms with E-state index in [1.54, 1.807) is 12.4 Å². The zero-order valence-corrected chi connectivity index (χ0v) is 20.2. The largest absolute Gasteiger partial charge is 0.375 e. The van der Waals surface area contributed by atoms with Gasteiger partial charge in [0.25, 0.3) is 0 Å². The number of nitrogens with zero attached hydrogens (tertiary/aromatic N) is 6. The van der Waals surface area contributed by atoms with Gasteiger partial charge in [-0.25, -0.2) is 4.68 Å². The first-order chi connectivity index (χ1) is 17.2. The molecule has 0 amide bonds. The summed E-state index contributed by atoms with van der Waals surface area (Å²) < 4.78 is 7.54. The van der Waals surface area contributed by atoms with Crippen molar-refractivity contribution in [3.63, 3.8) is 0 Å². The molecule has 6 rings (SSSR count). The summed E-state index contributed by atoms with van der Waals surface area (Å²) in [5.41, 5.74) is 4.22. The van der Waals surface area contributed by atoms with E-state index in [0.717, 1.165) is 41.5 Å². The zero-order chi connectivity index (χ0) is 23.7. The first-order valence-electron chi connectivity index (χ1n) is 12.6. The van der Waals surface area contributed by atoms with Gasteiger partial charge < -0.3 is 15.0 Å². The topological polar surface area (TPSA) is 81.0 Å². The summed E-state index contributed by atoms with van der Waals surface area (Å²) >= 11 is 0. The summed E-state index contributed by atoms with van der Waals surface area (Å²) in [6, 6.07) is 6.88. The molecule has 2 saturated heterocycles. The third-order valence-corrected chi connectivity index (χ3v) is 7.32. The van der Waals surface area contributed by atoms with Crippen LogP contribution < -0.4 is 10.2 Å². The number of aromatic nitrogens is 5. The molecule has 3 aromatic heterocycles. The van der Waals surface area contributed by atoms with Gasteiger partial charge in [-0.3, -0.25) is 9.97 Å². The molecule has 8 nitrogen and oxygen atoms in total. The Balaban J connectivity index is 1.19. The van der Waals surface area contributed by atoms with Gasteiger partial charge in [0.1, 0.15) is 5.69 Å².